The molecule has 29 heavy (non-hydrogen) atoms. The predicted octanol–water partition coefficient (Wildman–Crippen LogP) is 7.19. The summed E-state index contributed by atoms with van der Waals surface area (Å²) in [7, 11) is 0. The van der Waals surface area contributed by atoms with Crippen molar-refractivity contribution in [2.45, 2.75) is 83.5 Å². The largest absolute Gasteiger partial charge is 0.481 e. The number of rotatable bonds is 16. The topological polar surface area (TPSA) is 80.4 Å². The molecule has 5 nitrogen and oxygen atoms in total. The van der Waals surface area contributed by atoms with Gasteiger partial charge < -0.3 is 5.11 Å². The quantitative estimate of drug-likeness (QED) is 0.138. The third-order valence-electron chi connectivity index (χ3n) is 5.00. The molecular weight excluding hydrogens is 366 g/mol. The number of aliphatic carboxylic acids is 1. The van der Waals surface area contributed by atoms with Crippen molar-refractivity contribution in [1.82, 2.24) is 0 Å². The predicted molar refractivity (Wildman–Crippen MR) is 118 cm³/mol. The van der Waals surface area contributed by atoms with Gasteiger partial charge in [-0.3, -0.25) is 14.9 Å². The minimum atomic E-state index is -0.871. The highest BCUT2D eigenvalue weighted by atomic mass is 16.6. The molecule has 0 spiro atoms. The fourth-order valence-corrected chi connectivity index (χ4v) is 3.24. The molecule has 0 aliphatic heterocycles. The Labute approximate surface area is 174 Å². The highest BCUT2D eigenvalue weighted by Crippen LogP contribution is 2.25. The molecule has 5 heteroatoms. The molecule has 0 saturated carbocycles. The van der Waals surface area contributed by atoms with E-state index in [4.69, 9.17) is 0 Å². The summed E-state index contributed by atoms with van der Waals surface area (Å²) in [6.07, 6.45) is 20.7. The van der Waals surface area contributed by atoms with Crippen LogP contribution in [0.1, 0.15) is 89.0 Å². The van der Waals surface area contributed by atoms with Crippen molar-refractivity contribution in [1.29, 1.82) is 0 Å². The Morgan fingerprint density at radius 1 is 0.966 bits per heavy atom. The van der Waals surface area contributed by atoms with E-state index in [0.717, 1.165) is 38.5 Å². The normalized spacial score (nSPS) is 12.6. The van der Waals surface area contributed by atoms with Crippen molar-refractivity contribution in [2.24, 2.45) is 0 Å². The van der Waals surface area contributed by atoms with Gasteiger partial charge in [0.1, 0.15) is 0 Å². The Bertz CT molecular complexity index is 649. The fourth-order valence-electron chi connectivity index (χ4n) is 3.24. The Morgan fingerprint density at radius 2 is 1.55 bits per heavy atom. The number of carbonyl (C=O) groups is 1. The van der Waals surface area contributed by atoms with Crippen LogP contribution in [-0.2, 0) is 4.79 Å². The number of unbranched alkanes of at least 4 members (excludes halogenated alkanes) is 7. The number of nitro groups is 1. The van der Waals surface area contributed by atoms with Crippen molar-refractivity contribution >= 4 is 11.7 Å². The first-order valence-corrected chi connectivity index (χ1v) is 10.8. The molecule has 1 rings (SSSR count). The average Bonchev–Trinajstić information content (AvgIpc) is 2.71. The first kappa shape index (κ1) is 24.6. The second-order valence-electron chi connectivity index (χ2n) is 7.41. The van der Waals surface area contributed by atoms with E-state index in [1.165, 1.54) is 37.8 Å². The molecule has 0 fully saturated rings. The van der Waals surface area contributed by atoms with Crippen LogP contribution in [0, 0.1) is 10.1 Å². The van der Waals surface area contributed by atoms with Crippen LogP contribution in [0.5, 0.6) is 0 Å². The lowest BCUT2D eigenvalue weighted by Crippen LogP contribution is -2.11. The van der Waals surface area contributed by atoms with Crippen LogP contribution >= 0.6 is 0 Å². The van der Waals surface area contributed by atoms with Crippen molar-refractivity contribution in [3.8, 4) is 0 Å². The summed E-state index contributed by atoms with van der Waals surface area (Å²) in [4.78, 5) is 21.8. The molecule has 0 bridgehead atoms. The molecule has 1 aromatic carbocycles. The van der Waals surface area contributed by atoms with E-state index in [2.05, 4.69) is 31.2 Å². The minimum Gasteiger partial charge on any atom is -0.481 e. The number of benzene rings is 1. The Morgan fingerprint density at radius 3 is 2.10 bits per heavy atom. The van der Waals surface area contributed by atoms with Crippen LogP contribution in [0.15, 0.2) is 48.6 Å². The van der Waals surface area contributed by atoms with Crippen LogP contribution in [0.2, 0.25) is 0 Å². The van der Waals surface area contributed by atoms with Crippen LogP contribution in [-0.4, -0.2) is 16.0 Å². The summed E-state index contributed by atoms with van der Waals surface area (Å²) in [5, 5.41) is 20.2. The number of nitro benzene ring substituents is 1. The van der Waals surface area contributed by atoms with E-state index in [-0.39, 0.29) is 5.69 Å². The maximum absolute atomic E-state index is 11.5. The van der Waals surface area contributed by atoms with Gasteiger partial charge in [-0.05, 0) is 44.1 Å². The molecule has 1 N–H and O–H groups in total. The molecule has 160 valence electrons. The number of hydrogen-bond donors (Lipinski definition) is 1. The SMILES string of the molecule is CCCCC/C=C\C/C=C\CCCCCCC(C(=O)O)c1ccc([N+](=O)[O-])cc1. The molecular formula is C24H35NO4. The van der Waals surface area contributed by atoms with Crippen molar-refractivity contribution in [3.63, 3.8) is 0 Å². The number of carboxylic acid groups (broad SMARTS) is 1. The van der Waals surface area contributed by atoms with Gasteiger partial charge in [-0.15, -0.1) is 0 Å². The van der Waals surface area contributed by atoms with E-state index in [9.17, 15) is 20.0 Å². The smallest absolute Gasteiger partial charge is 0.310 e. The van der Waals surface area contributed by atoms with Gasteiger partial charge >= 0.3 is 5.97 Å². The summed E-state index contributed by atoms with van der Waals surface area (Å²) in [5.41, 5.74) is 0.617. The monoisotopic (exact) mass is 401 g/mol. The van der Waals surface area contributed by atoms with Gasteiger partial charge in [0.05, 0.1) is 10.8 Å². The van der Waals surface area contributed by atoms with Gasteiger partial charge in [0.2, 0.25) is 0 Å². The van der Waals surface area contributed by atoms with Crippen molar-refractivity contribution in [2.75, 3.05) is 0 Å². The standard InChI is InChI=1S/C24H35NO4/c1-2-3-4-5-6-7-8-9-10-11-12-13-14-15-16-23(24(26)27)21-17-19-22(20-18-21)25(28)29/h6-7,9-10,17-20,23H,2-5,8,11-16H2,1H3,(H,26,27)/b7-6-,10-9-. The van der Waals surface area contributed by atoms with E-state index >= 15 is 0 Å². The fraction of sp³-hybridized carbons (Fsp3) is 0.542. The Hall–Kier alpha value is -2.43. The van der Waals surface area contributed by atoms with Crippen LogP contribution in [0.3, 0.4) is 0 Å². The summed E-state index contributed by atoms with van der Waals surface area (Å²) < 4.78 is 0. The molecule has 1 aromatic rings. The van der Waals surface area contributed by atoms with Crippen molar-refractivity contribution in [3.05, 3.63) is 64.2 Å². The van der Waals surface area contributed by atoms with Crippen LogP contribution in [0.4, 0.5) is 5.69 Å². The van der Waals surface area contributed by atoms with Gasteiger partial charge in [-0.25, -0.2) is 0 Å². The first-order valence-electron chi connectivity index (χ1n) is 10.8. The average molecular weight is 402 g/mol. The third-order valence-corrected chi connectivity index (χ3v) is 5.00. The van der Waals surface area contributed by atoms with E-state index in [1.807, 2.05) is 0 Å². The number of carboxylic acids is 1. The summed E-state index contributed by atoms with van der Waals surface area (Å²) in [5.74, 6) is -1.47. The van der Waals surface area contributed by atoms with Crippen LogP contribution < -0.4 is 0 Å². The number of non-ortho nitro benzene ring substituents is 1. The Kier molecular flexibility index (Phi) is 13.1. The zero-order valence-electron chi connectivity index (χ0n) is 17.6. The van der Waals surface area contributed by atoms with Gasteiger partial charge in [-0.1, -0.05) is 75.5 Å². The summed E-state index contributed by atoms with van der Waals surface area (Å²) in [6.45, 7) is 2.22. The lowest BCUT2D eigenvalue weighted by atomic mass is 9.93. The molecule has 0 aliphatic rings. The van der Waals surface area contributed by atoms with Gasteiger partial charge in [-0.2, -0.15) is 0 Å². The second kappa shape index (κ2) is 15.5. The lowest BCUT2D eigenvalue weighted by Gasteiger charge is -2.12. The maximum Gasteiger partial charge on any atom is 0.310 e. The van der Waals surface area contributed by atoms with E-state index in [0.29, 0.717) is 12.0 Å². The lowest BCUT2D eigenvalue weighted by molar-refractivity contribution is -0.384. The highest BCUT2D eigenvalue weighted by molar-refractivity contribution is 5.76. The van der Waals surface area contributed by atoms with Gasteiger partial charge in [0.15, 0.2) is 0 Å². The third kappa shape index (κ3) is 11.2. The van der Waals surface area contributed by atoms with Crippen LogP contribution in [0.25, 0.3) is 0 Å². The molecule has 0 aliphatic carbocycles. The zero-order chi connectivity index (χ0) is 21.3. The van der Waals surface area contributed by atoms with Gasteiger partial charge in [0, 0.05) is 12.1 Å². The highest BCUT2D eigenvalue weighted by Gasteiger charge is 2.20. The zero-order valence-corrected chi connectivity index (χ0v) is 17.6. The molecule has 0 aromatic heterocycles. The molecule has 0 radical (unpaired) electrons. The van der Waals surface area contributed by atoms with E-state index in [1.54, 1.807) is 12.1 Å². The first-order chi connectivity index (χ1) is 14.1. The summed E-state index contributed by atoms with van der Waals surface area (Å²) >= 11 is 0. The number of nitrogens with zero attached hydrogens (tertiary/aromatic N) is 1. The summed E-state index contributed by atoms with van der Waals surface area (Å²) in [6, 6.07) is 5.86. The second-order valence-corrected chi connectivity index (χ2v) is 7.41. The Balaban J connectivity index is 2.18. The van der Waals surface area contributed by atoms with Crippen molar-refractivity contribution < 1.29 is 14.8 Å². The number of hydrogen-bond acceptors (Lipinski definition) is 3. The molecule has 0 heterocycles. The van der Waals surface area contributed by atoms with Gasteiger partial charge in [0.25, 0.3) is 5.69 Å². The maximum atomic E-state index is 11.5. The van der Waals surface area contributed by atoms with E-state index < -0.39 is 16.8 Å². The molecule has 1 atom stereocenters. The molecule has 0 amide bonds. The molecule has 1 unspecified atom stereocenters. The minimum absolute atomic E-state index is 0.0158. The molecule has 0 saturated heterocycles. The number of allylic oxidation sites excluding steroid dienone is 4.